The molecule has 112 valence electrons. The van der Waals surface area contributed by atoms with E-state index in [-0.39, 0.29) is 18.0 Å². The second-order valence-electron chi connectivity index (χ2n) is 5.40. The molecule has 0 bridgehead atoms. The van der Waals surface area contributed by atoms with Gasteiger partial charge in [-0.3, -0.25) is 4.79 Å². The molecule has 2 rings (SSSR count). The molecule has 21 heavy (non-hydrogen) atoms. The molecule has 4 heteroatoms. The zero-order chi connectivity index (χ0) is 15.2. The van der Waals surface area contributed by atoms with Crippen LogP contribution in [-0.4, -0.2) is 30.4 Å². The molecule has 0 radical (unpaired) electrons. The smallest absolute Gasteiger partial charge is 0.253 e. The van der Waals surface area contributed by atoms with Crippen LogP contribution in [0.4, 0.5) is 4.39 Å². The van der Waals surface area contributed by atoms with E-state index in [1.54, 1.807) is 12.1 Å². The van der Waals surface area contributed by atoms with Crippen LogP contribution < -0.4 is 5.73 Å². The first-order valence-corrected chi connectivity index (χ1v) is 7.43. The summed E-state index contributed by atoms with van der Waals surface area (Å²) in [4.78, 5) is 14.3. The van der Waals surface area contributed by atoms with Gasteiger partial charge in [0.1, 0.15) is 5.82 Å². The molecule has 1 aromatic carbocycles. The van der Waals surface area contributed by atoms with Crippen molar-refractivity contribution in [3.63, 3.8) is 0 Å². The number of hydrogen-bond donors (Lipinski definition) is 1. The third-order valence-corrected chi connectivity index (χ3v) is 3.50. The van der Waals surface area contributed by atoms with Crippen molar-refractivity contribution in [3.05, 3.63) is 35.1 Å². The van der Waals surface area contributed by atoms with E-state index < -0.39 is 5.82 Å². The first-order valence-electron chi connectivity index (χ1n) is 7.43. The fourth-order valence-electron chi connectivity index (χ4n) is 2.24. The predicted molar refractivity (Wildman–Crippen MR) is 81.3 cm³/mol. The number of benzene rings is 1. The summed E-state index contributed by atoms with van der Waals surface area (Å²) in [7, 11) is 0. The summed E-state index contributed by atoms with van der Waals surface area (Å²) >= 11 is 0. The van der Waals surface area contributed by atoms with Gasteiger partial charge in [0, 0.05) is 18.7 Å². The number of nitrogens with two attached hydrogens (primary N) is 1. The standard InChI is InChI=1S/C17H21FN2O/c1-2-10-20(12-13-5-6-13)17(21)15-8-7-14(4-3-9-19)16(18)11-15/h7-8,11,13H,2,5-6,9-10,12,19H2,1H3. The highest BCUT2D eigenvalue weighted by molar-refractivity contribution is 5.94. The van der Waals surface area contributed by atoms with Crippen LogP contribution in [0.5, 0.6) is 0 Å². The molecular weight excluding hydrogens is 267 g/mol. The topological polar surface area (TPSA) is 46.3 Å². The minimum atomic E-state index is -0.468. The number of amides is 1. The largest absolute Gasteiger partial charge is 0.338 e. The van der Waals surface area contributed by atoms with Crippen molar-refractivity contribution < 1.29 is 9.18 Å². The van der Waals surface area contributed by atoms with Gasteiger partial charge in [0.25, 0.3) is 5.91 Å². The third-order valence-electron chi connectivity index (χ3n) is 3.50. The normalized spacial score (nSPS) is 13.5. The van der Waals surface area contributed by atoms with Gasteiger partial charge in [-0.1, -0.05) is 18.8 Å². The predicted octanol–water partition coefficient (Wildman–Crippen LogP) is 2.40. The first-order chi connectivity index (χ1) is 10.2. The Labute approximate surface area is 125 Å². The molecule has 1 saturated carbocycles. The van der Waals surface area contributed by atoms with Gasteiger partial charge in [-0.2, -0.15) is 0 Å². The average molecular weight is 288 g/mol. The number of carbonyl (C=O) groups excluding carboxylic acids is 1. The van der Waals surface area contributed by atoms with Crippen LogP contribution in [0.3, 0.4) is 0 Å². The Morgan fingerprint density at radius 2 is 2.24 bits per heavy atom. The summed E-state index contributed by atoms with van der Waals surface area (Å²) in [5.74, 6) is 5.34. The van der Waals surface area contributed by atoms with Gasteiger partial charge in [0.2, 0.25) is 0 Å². The Morgan fingerprint density at radius 3 is 2.81 bits per heavy atom. The van der Waals surface area contributed by atoms with Crippen LogP contribution in [0, 0.1) is 23.6 Å². The third kappa shape index (κ3) is 4.30. The van der Waals surface area contributed by atoms with Crippen molar-refractivity contribution in [1.82, 2.24) is 4.90 Å². The summed E-state index contributed by atoms with van der Waals surface area (Å²) in [5, 5.41) is 0. The van der Waals surface area contributed by atoms with Gasteiger partial charge in [-0.25, -0.2) is 4.39 Å². The van der Waals surface area contributed by atoms with E-state index in [1.807, 2.05) is 11.8 Å². The Kier molecular flexibility index (Phi) is 5.35. The van der Waals surface area contributed by atoms with Crippen LogP contribution in [0.25, 0.3) is 0 Å². The molecule has 1 amide bonds. The van der Waals surface area contributed by atoms with Crippen LogP contribution in [0.15, 0.2) is 18.2 Å². The number of halogens is 1. The molecule has 0 aliphatic heterocycles. The van der Waals surface area contributed by atoms with Crippen molar-refractivity contribution in [2.45, 2.75) is 26.2 Å². The molecule has 0 unspecified atom stereocenters. The van der Waals surface area contributed by atoms with E-state index in [1.165, 1.54) is 18.9 Å². The van der Waals surface area contributed by atoms with Crippen LogP contribution in [-0.2, 0) is 0 Å². The maximum atomic E-state index is 13.9. The summed E-state index contributed by atoms with van der Waals surface area (Å²) in [6, 6.07) is 4.46. The Hall–Kier alpha value is -1.86. The maximum Gasteiger partial charge on any atom is 0.253 e. The van der Waals surface area contributed by atoms with Gasteiger partial charge < -0.3 is 10.6 Å². The number of hydrogen-bond acceptors (Lipinski definition) is 2. The van der Waals surface area contributed by atoms with Crippen molar-refractivity contribution >= 4 is 5.91 Å². The van der Waals surface area contributed by atoms with E-state index in [2.05, 4.69) is 11.8 Å². The van der Waals surface area contributed by atoms with Crippen LogP contribution in [0.2, 0.25) is 0 Å². The summed E-state index contributed by atoms with van der Waals surface area (Å²) in [6.07, 6.45) is 3.28. The monoisotopic (exact) mass is 288 g/mol. The quantitative estimate of drug-likeness (QED) is 0.846. The lowest BCUT2D eigenvalue weighted by Gasteiger charge is -2.22. The Morgan fingerprint density at radius 1 is 1.48 bits per heavy atom. The van der Waals surface area contributed by atoms with Crippen molar-refractivity contribution in [1.29, 1.82) is 0 Å². The lowest BCUT2D eigenvalue weighted by molar-refractivity contribution is 0.0747. The second-order valence-corrected chi connectivity index (χ2v) is 5.40. The highest BCUT2D eigenvalue weighted by Gasteiger charge is 2.27. The molecule has 0 saturated heterocycles. The molecule has 2 N–H and O–H groups in total. The summed E-state index contributed by atoms with van der Waals surface area (Å²) < 4.78 is 13.9. The molecular formula is C17H21FN2O. The highest BCUT2D eigenvalue weighted by atomic mass is 19.1. The molecule has 0 heterocycles. The van der Waals surface area contributed by atoms with Crippen LogP contribution in [0.1, 0.15) is 42.1 Å². The van der Waals surface area contributed by atoms with E-state index in [9.17, 15) is 9.18 Å². The van der Waals surface area contributed by atoms with Gasteiger partial charge in [-0.05, 0) is 43.4 Å². The second kappa shape index (κ2) is 7.24. The van der Waals surface area contributed by atoms with E-state index in [0.717, 1.165) is 13.0 Å². The molecule has 1 aliphatic rings. The van der Waals surface area contributed by atoms with Crippen molar-refractivity contribution in [2.75, 3.05) is 19.6 Å². The number of nitrogens with zero attached hydrogens (tertiary/aromatic N) is 1. The fourth-order valence-corrected chi connectivity index (χ4v) is 2.24. The van der Waals surface area contributed by atoms with Gasteiger partial charge in [-0.15, -0.1) is 0 Å². The van der Waals surface area contributed by atoms with Crippen LogP contribution >= 0.6 is 0 Å². The van der Waals surface area contributed by atoms with E-state index in [0.29, 0.717) is 18.0 Å². The minimum absolute atomic E-state index is 0.0963. The average Bonchev–Trinajstić information content (AvgIpc) is 3.29. The first kappa shape index (κ1) is 15.5. The fraction of sp³-hybridized carbons (Fsp3) is 0.471. The van der Waals surface area contributed by atoms with Crippen molar-refractivity contribution in [3.8, 4) is 11.8 Å². The van der Waals surface area contributed by atoms with Gasteiger partial charge in [0.15, 0.2) is 0 Å². The summed E-state index contributed by atoms with van der Waals surface area (Å²) in [6.45, 7) is 3.72. The lowest BCUT2D eigenvalue weighted by Crippen LogP contribution is -2.33. The Bertz CT molecular complexity index is 570. The molecule has 1 aliphatic carbocycles. The zero-order valence-corrected chi connectivity index (χ0v) is 12.4. The summed E-state index contributed by atoms with van der Waals surface area (Å²) in [5.41, 5.74) is 5.94. The SMILES string of the molecule is CCCN(CC1CC1)C(=O)c1ccc(C#CCN)c(F)c1. The number of carbonyl (C=O) groups is 1. The Balaban J connectivity index is 2.14. The molecule has 0 spiro atoms. The lowest BCUT2D eigenvalue weighted by atomic mass is 10.1. The molecule has 1 aromatic rings. The highest BCUT2D eigenvalue weighted by Crippen LogP contribution is 2.30. The maximum absolute atomic E-state index is 13.9. The molecule has 1 fully saturated rings. The van der Waals surface area contributed by atoms with E-state index in [4.69, 9.17) is 5.73 Å². The molecule has 0 aromatic heterocycles. The minimum Gasteiger partial charge on any atom is -0.338 e. The zero-order valence-electron chi connectivity index (χ0n) is 12.4. The number of rotatable bonds is 5. The van der Waals surface area contributed by atoms with Gasteiger partial charge in [0.05, 0.1) is 12.1 Å². The van der Waals surface area contributed by atoms with E-state index >= 15 is 0 Å². The molecule has 3 nitrogen and oxygen atoms in total. The molecule has 0 atom stereocenters. The van der Waals surface area contributed by atoms with Gasteiger partial charge >= 0.3 is 0 Å². The van der Waals surface area contributed by atoms with Crippen molar-refractivity contribution in [2.24, 2.45) is 11.7 Å².